The Hall–Kier alpha value is -0.580. The second kappa shape index (κ2) is 7.43. The third kappa shape index (κ3) is 3.96. The Bertz CT molecular complexity index is 453. The summed E-state index contributed by atoms with van der Waals surface area (Å²) < 4.78 is 0. The molecule has 1 aromatic heterocycles. The molecule has 2 rings (SSSR count). The van der Waals surface area contributed by atoms with Gasteiger partial charge in [0.25, 0.3) is 5.91 Å². The molecule has 1 amide bonds. The van der Waals surface area contributed by atoms with Crippen molar-refractivity contribution in [2.75, 3.05) is 19.6 Å². The quantitative estimate of drug-likeness (QED) is 0.898. The molecule has 0 spiro atoms. The first-order chi connectivity index (χ1) is 9.61. The number of carbonyl (C=O) groups is 1. The zero-order valence-electron chi connectivity index (χ0n) is 12.2. The van der Waals surface area contributed by atoms with Gasteiger partial charge in [0.05, 0.1) is 5.02 Å². The van der Waals surface area contributed by atoms with Gasteiger partial charge in [-0.2, -0.15) is 0 Å². The fraction of sp³-hybridized carbons (Fsp3) is 0.667. The summed E-state index contributed by atoms with van der Waals surface area (Å²) in [4.78, 5) is 15.3. The van der Waals surface area contributed by atoms with E-state index in [2.05, 4.69) is 17.1 Å². The predicted molar refractivity (Wildman–Crippen MR) is 85.9 cm³/mol. The van der Waals surface area contributed by atoms with Crippen LogP contribution < -0.4 is 5.32 Å². The van der Waals surface area contributed by atoms with Crippen molar-refractivity contribution in [1.82, 2.24) is 10.2 Å². The maximum atomic E-state index is 12.2. The summed E-state index contributed by atoms with van der Waals surface area (Å²) in [6.45, 7) is 7.51. The molecule has 0 bridgehead atoms. The maximum absolute atomic E-state index is 12.2. The van der Waals surface area contributed by atoms with Crippen molar-refractivity contribution in [3.8, 4) is 0 Å². The van der Waals surface area contributed by atoms with Crippen molar-refractivity contribution < 1.29 is 4.79 Å². The van der Waals surface area contributed by atoms with Gasteiger partial charge < -0.3 is 10.2 Å². The highest BCUT2D eigenvalue weighted by atomic mass is 35.5. The highest BCUT2D eigenvalue weighted by molar-refractivity contribution is 7.13. The lowest BCUT2D eigenvalue weighted by molar-refractivity contribution is 0.0915. The van der Waals surface area contributed by atoms with Gasteiger partial charge in [-0.05, 0) is 43.7 Å². The zero-order chi connectivity index (χ0) is 14.5. The number of carbonyl (C=O) groups excluding carboxylic acids is 1. The SMILES string of the molecule is CCCCN1CCC(NC(=O)c2scc(C)c2Cl)CC1. The van der Waals surface area contributed by atoms with Crippen LogP contribution in [0.1, 0.15) is 47.8 Å². The summed E-state index contributed by atoms with van der Waals surface area (Å²) in [6.07, 6.45) is 4.59. The number of hydrogen-bond acceptors (Lipinski definition) is 3. The van der Waals surface area contributed by atoms with Crippen LogP contribution in [0.2, 0.25) is 5.02 Å². The van der Waals surface area contributed by atoms with Crippen molar-refractivity contribution in [1.29, 1.82) is 0 Å². The minimum absolute atomic E-state index is 0.0138. The lowest BCUT2D eigenvalue weighted by Gasteiger charge is -2.32. The number of hydrogen-bond donors (Lipinski definition) is 1. The average Bonchev–Trinajstić information content (AvgIpc) is 2.78. The molecule has 5 heteroatoms. The monoisotopic (exact) mass is 314 g/mol. The number of nitrogens with one attached hydrogen (secondary N) is 1. The van der Waals surface area contributed by atoms with Gasteiger partial charge in [0.2, 0.25) is 0 Å². The lowest BCUT2D eigenvalue weighted by Crippen LogP contribution is -2.44. The van der Waals surface area contributed by atoms with Gasteiger partial charge in [-0.3, -0.25) is 4.79 Å². The van der Waals surface area contributed by atoms with E-state index in [4.69, 9.17) is 11.6 Å². The molecule has 0 saturated carbocycles. The third-order valence-electron chi connectivity index (χ3n) is 3.86. The zero-order valence-corrected chi connectivity index (χ0v) is 13.8. The van der Waals surface area contributed by atoms with E-state index in [-0.39, 0.29) is 5.91 Å². The van der Waals surface area contributed by atoms with Gasteiger partial charge in [-0.25, -0.2) is 0 Å². The average molecular weight is 315 g/mol. The molecule has 1 aromatic rings. The Labute approximate surface area is 130 Å². The lowest BCUT2D eigenvalue weighted by atomic mass is 10.0. The third-order valence-corrected chi connectivity index (χ3v) is 5.55. The van der Waals surface area contributed by atoms with Gasteiger partial charge >= 0.3 is 0 Å². The molecule has 0 unspecified atom stereocenters. The highest BCUT2D eigenvalue weighted by Gasteiger charge is 2.22. The topological polar surface area (TPSA) is 32.3 Å². The second-order valence-corrected chi connectivity index (χ2v) is 6.76. The Balaban J connectivity index is 1.81. The molecule has 1 N–H and O–H groups in total. The molecule has 1 aliphatic rings. The van der Waals surface area contributed by atoms with Crippen molar-refractivity contribution in [2.24, 2.45) is 0 Å². The summed E-state index contributed by atoms with van der Waals surface area (Å²) in [5.41, 5.74) is 0.983. The first-order valence-electron chi connectivity index (χ1n) is 7.38. The van der Waals surface area contributed by atoms with Crippen LogP contribution in [0.4, 0.5) is 0 Å². The van der Waals surface area contributed by atoms with Crippen LogP contribution in [-0.2, 0) is 0 Å². The summed E-state index contributed by atoms with van der Waals surface area (Å²) >= 11 is 7.57. The van der Waals surface area contributed by atoms with E-state index < -0.39 is 0 Å². The van der Waals surface area contributed by atoms with Crippen LogP contribution in [0.5, 0.6) is 0 Å². The Morgan fingerprint density at radius 1 is 1.50 bits per heavy atom. The number of amides is 1. The van der Waals surface area contributed by atoms with Crippen LogP contribution in [0.3, 0.4) is 0 Å². The number of likely N-dealkylation sites (tertiary alicyclic amines) is 1. The molecular formula is C15H23ClN2OS. The molecule has 0 aromatic carbocycles. The highest BCUT2D eigenvalue weighted by Crippen LogP contribution is 2.27. The van der Waals surface area contributed by atoms with Crippen LogP contribution in [0.25, 0.3) is 0 Å². The van der Waals surface area contributed by atoms with Crippen LogP contribution in [0, 0.1) is 6.92 Å². The van der Waals surface area contributed by atoms with Gasteiger partial charge in [0.1, 0.15) is 4.88 Å². The van der Waals surface area contributed by atoms with E-state index in [0.29, 0.717) is 15.9 Å². The Morgan fingerprint density at radius 2 is 2.20 bits per heavy atom. The van der Waals surface area contributed by atoms with Crippen molar-refractivity contribution in [3.63, 3.8) is 0 Å². The van der Waals surface area contributed by atoms with E-state index in [1.54, 1.807) is 0 Å². The fourth-order valence-corrected chi connectivity index (χ4v) is 3.70. The summed E-state index contributed by atoms with van der Waals surface area (Å²) in [5.74, 6) is -0.0138. The number of unbranched alkanes of at least 4 members (excludes halogenated alkanes) is 1. The van der Waals surface area contributed by atoms with Gasteiger partial charge in [0.15, 0.2) is 0 Å². The second-order valence-electron chi connectivity index (χ2n) is 5.50. The van der Waals surface area contributed by atoms with Crippen molar-refractivity contribution in [3.05, 3.63) is 20.8 Å². The van der Waals surface area contributed by atoms with Gasteiger partial charge in [-0.1, -0.05) is 24.9 Å². The number of piperidine rings is 1. The summed E-state index contributed by atoms with van der Waals surface area (Å²) in [5, 5.41) is 5.67. The minimum Gasteiger partial charge on any atom is -0.348 e. The van der Waals surface area contributed by atoms with E-state index in [1.807, 2.05) is 12.3 Å². The molecule has 1 aliphatic heterocycles. The van der Waals surface area contributed by atoms with Crippen molar-refractivity contribution in [2.45, 2.75) is 45.6 Å². The first-order valence-corrected chi connectivity index (χ1v) is 8.64. The van der Waals surface area contributed by atoms with E-state index >= 15 is 0 Å². The minimum atomic E-state index is -0.0138. The smallest absolute Gasteiger partial charge is 0.263 e. The molecule has 0 aliphatic carbocycles. The largest absolute Gasteiger partial charge is 0.348 e. The molecule has 2 heterocycles. The molecule has 3 nitrogen and oxygen atoms in total. The van der Waals surface area contributed by atoms with E-state index in [1.165, 1.54) is 30.7 Å². The molecular weight excluding hydrogens is 292 g/mol. The normalized spacial score (nSPS) is 17.4. The summed E-state index contributed by atoms with van der Waals surface area (Å²) in [6, 6.07) is 0.291. The van der Waals surface area contributed by atoms with Gasteiger partial charge in [-0.15, -0.1) is 11.3 Å². The molecule has 20 heavy (non-hydrogen) atoms. The predicted octanol–water partition coefficient (Wildman–Crippen LogP) is 3.70. The van der Waals surface area contributed by atoms with Crippen LogP contribution >= 0.6 is 22.9 Å². The Kier molecular flexibility index (Phi) is 5.87. The fourth-order valence-electron chi connectivity index (χ4n) is 2.52. The number of thiophene rings is 1. The number of nitrogens with zero attached hydrogens (tertiary/aromatic N) is 1. The van der Waals surface area contributed by atoms with E-state index in [0.717, 1.165) is 31.5 Å². The van der Waals surface area contributed by atoms with Crippen LogP contribution in [0.15, 0.2) is 5.38 Å². The summed E-state index contributed by atoms with van der Waals surface area (Å²) in [7, 11) is 0. The molecule has 0 radical (unpaired) electrons. The number of halogens is 1. The Morgan fingerprint density at radius 3 is 2.75 bits per heavy atom. The molecule has 1 fully saturated rings. The molecule has 0 atom stereocenters. The number of rotatable bonds is 5. The van der Waals surface area contributed by atoms with E-state index in [9.17, 15) is 4.79 Å². The first kappa shape index (κ1) is 15.8. The molecule has 112 valence electrons. The van der Waals surface area contributed by atoms with Gasteiger partial charge in [0, 0.05) is 19.1 Å². The number of aryl methyl sites for hydroxylation is 1. The maximum Gasteiger partial charge on any atom is 0.263 e. The van der Waals surface area contributed by atoms with Crippen LogP contribution in [-0.4, -0.2) is 36.5 Å². The standard InChI is InChI=1S/C15H23ClN2OS/c1-3-4-7-18-8-5-12(6-9-18)17-15(19)14-13(16)11(2)10-20-14/h10,12H,3-9H2,1-2H3,(H,17,19). The van der Waals surface area contributed by atoms with Crippen molar-refractivity contribution >= 4 is 28.8 Å². The molecule has 1 saturated heterocycles.